The zero-order chi connectivity index (χ0) is 18.0. The Morgan fingerprint density at radius 3 is 3.04 bits per heavy atom. The molecule has 0 saturated carbocycles. The molecule has 6 nitrogen and oxygen atoms in total. The monoisotopic (exact) mass is 365 g/mol. The number of nitrogens with zero attached hydrogens (tertiary/aromatic N) is 2. The third-order valence-corrected chi connectivity index (χ3v) is 5.19. The highest BCUT2D eigenvalue weighted by Crippen LogP contribution is 2.22. The molecule has 0 spiro atoms. The molecule has 1 aromatic carbocycles. The van der Waals surface area contributed by atoms with Crippen LogP contribution in [0.4, 0.5) is 4.39 Å². The van der Waals surface area contributed by atoms with Gasteiger partial charge in [0.15, 0.2) is 5.78 Å². The van der Waals surface area contributed by atoms with Gasteiger partial charge in [-0.05, 0) is 31.7 Å². The average Bonchev–Trinajstić information content (AvgIpc) is 2.59. The third-order valence-electron chi connectivity index (χ3n) is 4.44. The fraction of sp³-hybridized carbons (Fsp3) is 0.471. The number of halogens is 1. The molecule has 8 heteroatoms. The molecule has 1 saturated heterocycles. The number of hydrogen-bond donors (Lipinski definition) is 2. The van der Waals surface area contributed by atoms with E-state index < -0.39 is 11.9 Å². The molecule has 0 radical (unpaired) electrons. The number of Topliss-reactive ketones (excluding diaryl/α,β-unsaturated/α-hetero) is 1. The Hall–Kier alpha value is -1.77. The molecule has 2 atom stereocenters. The summed E-state index contributed by atoms with van der Waals surface area (Å²) in [6.45, 7) is 0.661. The van der Waals surface area contributed by atoms with Crippen LogP contribution in [0.2, 0.25) is 0 Å². The van der Waals surface area contributed by atoms with Gasteiger partial charge in [0.25, 0.3) is 5.56 Å². The first kappa shape index (κ1) is 18.0. The zero-order valence-corrected chi connectivity index (χ0v) is 14.7. The van der Waals surface area contributed by atoms with Gasteiger partial charge in [-0.25, -0.2) is 9.37 Å². The second kappa shape index (κ2) is 7.63. The summed E-state index contributed by atoms with van der Waals surface area (Å²) in [5.41, 5.74) is -0.0980. The van der Waals surface area contributed by atoms with Gasteiger partial charge in [0, 0.05) is 23.4 Å². The van der Waals surface area contributed by atoms with Crippen molar-refractivity contribution in [3.05, 3.63) is 34.6 Å². The molecule has 3 rings (SSSR count). The molecule has 0 bridgehead atoms. The van der Waals surface area contributed by atoms with E-state index in [1.165, 1.54) is 34.8 Å². The molecule has 2 N–H and O–H groups in total. The number of aliphatic hydroxyl groups excluding tert-OH is 1. The van der Waals surface area contributed by atoms with Crippen molar-refractivity contribution in [3.63, 3.8) is 0 Å². The predicted molar refractivity (Wildman–Crippen MR) is 94.4 cm³/mol. The van der Waals surface area contributed by atoms with E-state index in [1.54, 1.807) is 6.26 Å². The Morgan fingerprint density at radius 1 is 1.52 bits per heavy atom. The second-order valence-corrected chi connectivity index (χ2v) is 7.04. The van der Waals surface area contributed by atoms with Crippen molar-refractivity contribution in [3.8, 4) is 0 Å². The van der Waals surface area contributed by atoms with Gasteiger partial charge < -0.3 is 10.4 Å². The highest BCUT2D eigenvalue weighted by molar-refractivity contribution is 7.98. The number of piperidine rings is 1. The molecule has 0 amide bonds. The lowest BCUT2D eigenvalue weighted by Gasteiger charge is -2.28. The Bertz CT molecular complexity index is 855. The van der Waals surface area contributed by atoms with E-state index in [0.29, 0.717) is 11.3 Å². The van der Waals surface area contributed by atoms with Gasteiger partial charge in [0.2, 0.25) is 0 Å². The number of benzene rings is 1. The van der Waals surface area contributed by atoms with Crippen molar-refractivity contribution in [1.82, 2.24) is 14.9 Å². The quantitative estimate of drug-likeness (QED) is 0.778. The van der Waals surface area contributed by atoms with Crippen LogP contribution < -0.4 is 10.9 Å². The van der Waals surface area contributed by atoms with Crippen LogP contribution >= 0.6 is 11.8 Å². The number of fused-ring (bicyclic) bond motifs is 1. The van der Waals surface area contributed by atoms with Crippen molar-refractivity contribution in [2.75, 3.05) is 12.8 Å². The number of ketones is 1. The van der Waals surface area contributed by atoms with Crippen LogP contribution in [0.1, 0.15) is 19.3 Å². The van der Waals surface area contributed by atoms with Crippen LogP contribution in [-0.2, 0) is 11.3 Å². The number of carbonyl (C=O) groups is 1. The lowest BCUT2D eigenvalue weighted by atomic mass is 9.97. The maximum absolute atomic E-state index is 13.8. The van der Waals surface area contributed by atoms with Gasteiger partial charge >= 0.3 is 0 Å². The minimum Gasteiger partial charge on any atom is -0.391 e. The highest BCUT2D eigenvalue weighted by Gasteiger charge is 2.25. The van der Waals surface area contributed by atoms with E-state index in [2.05, 4.69) is 10.3 Å². The molecule has 1 fully saturated rings. The van der Waals surface area contributed by atoms with E-state index in [0.717, 1.165) is 13.0 Å². The number of rotatable bonds is 5. The first-order valence-electron chi connectivity index (χ1n) is 8.15. The Labute approximate surface area is 148 Å². The molecule has 2 aromatic rings. The summed E-state index contributed by atoms with van der Waals surface area (Å²) in [4.78, 5) is 29.3. The molecule has 1 aliphatic rings. The van der Waals surface area contributed by atoms with Crippen LogP contribution in [0.15, 0.2) is 28.2 Å². The summed E-state index contributed by atoms with van der Waals surface area (Å²) >= 11 is 1.21. The van der Waals surface area contributed by atoms with E-state index in [-0.39, 0.29) is 41.3 Å². The number of nitrogens with one attached hydrogen (secondary N) is 1. The Balaban J connectivity index is 1.81. The molecular weight excluding hydrogens is 345 g/mol. The topological polar surface area (TPSA) is 84.2 Å². The standard InChI is InChI=1S/C17H20FN3O3S/c1-25-16-6-11-13(7-12(16)18)20-9-21(17(11)24)8-10(22)5-14-15(23)3-2-4-19-14/h6-7,9,14-15,19,23H,2-5,8H2,1H3. The van der Waals surface area contributed by atoms with Crippen molar-refractivity contribution in [1.29, 1.82) is 0 Å². The Kier molecular flexibility index (Phi) is 5.51. The van der Waals surface area contributed by atoms with Crippen molar-refractivity contribution in [2.24, 2.45) is 0 Å². The first-order chi connectivity index (χ1) is 12.0. The third kappa shape index (κ3) is 3.91. The summed E-state index contributed by atoms with van der Waals surface area (Å²) in [5.74, 6) is -0.577. The molecule has 2 unspecified atom stereocenters. The lowest BCUT2D eigenvalue weighted by molar-refractivity contribution is -0.121. The summed E-state index contributed by atoms with van der Waals surface area (Å²) in [7, 11) is 0. The minimum absolute atomic E-state index is 0.112. The maximum Gasteiger partial charge on any atom is 0.261 e. The van der Waals surface area contributed by atoms with Gasteiger partial charge in [-0.15, -0.1) is 11.8 Å². The number of aliphatic hydroxyl groups is 1. The van der Waals surface area contributed by atoms with Crippen molar-refractivity contribution in [2.45, 2.75) is 42.8 Å². The molecule has 1 aliphatic heterocycles. The van der Waals surface area contributed by atoms with Crippen molar-refractivity contribution >= 4 is 28.4 Å². The number of aromatic nitrogens is 2. The SMILES string of the molecule is CSc1cc2c(=O)n(CC(=O)CC3NCCCC3O)cnc2cc1F. The fourth-order valence-corrected chi connectivity index (χ4v) is 3.56. The summed E-state index contributed by atoms with van der Waals surface area (Å²) in [6.07, 6.45) is 4.16. The normalized spacial score (nSPS) is 20.8. The maximum atomic E-state index is 13.8. The predicted octanol–water partition coefficient (Wildman–Crippen LogP) is 1.33. The van der Waals surface area contributed by atoms with Gasteiger partial charge in [-0.2, -0.15) is 0 Å². The van der Waals surface area contributed by atoms with Crippen LogP contribution in [0.3, 0.4) is 0 Å². The second-order valence-electron chi connectivity index (χ2n) is 6.19. The van der Waals surface area contributed by atoms with E-state index in [1.807, 2.05) is 0 Å². The Morgan fingerprint density at radius 2 is 2.32 bits per heavy atom. The molecular formula is C17H20FN3O3S. The van der Waals surface area contributed by atoms with E-state index in [4.69, 9.17) is 0 Å². The van der Waals surface area contributed by atoms with Gasteiger partial charge in [0.05, 0.1) is 29.9 Å². The lowest BCUT2D eigenvalue weighted by Crippen LogP contribution is -2.46. The molecule has 1 aromatic heterocycles. The molecule has 0 aliphatic carbocycles. The smallest absolute Gasteiger partial charge is 0.261 e. The number of hydrogen-bond acceptors (Lipinski definition) is 6. The van der Waals surface area contributed by atoms with Crippen LogP contribution in [0.25, 0.3) is 10.9 Å². The molecule has 2 heterocycles. The number of thioether (sulfide) groups is 1. The van der Waals surface area contributed by atoms with Crippen molar-refractivity contribution < 1.29 is 14.3 Å². The van der Waals surface area contributed by atoms with Crippen LogP contribution in [0, 0.1) is 5.82 Å². The minimum atomic E-state index is -0.545. The molecule has 25 heavy (non-hydrogen) atoms. The van der Waals surface area contributed by atoms with Gasteiger partial charge in [-0.3, -0.25) is 14.2 Å². The largest absolute Gasteiger partial charge is 0.391 e. The summed E-state index contributed by atoms with van der Waals surface area (Å²) in [6, 6.07) is 2.43. The van der Waals surface area contributed by atoms with Crippen LogP contribution in [-0.4, -0.2) is 45.4 Å². The summed E-state index contributed by atoms with van der Waals surface area (Å²) in [5, 5.41) is 13.4. The average molecular weight is 365 g/mol. The fourth-order valence-electron chi connectivity index (χ4n) is 3.07. The van der Waals surface area contributed by atoms with E-state index in [9.17, 15) is 19.1 Å². The first-order valence-corrected chi connectivity index (χ1v) is 9.38. The zero-order valence-electron chi connectivity index (χ0n) is 13.9. The number of carbonyl (C=O) groups excluding carboxylic acids is 1. The summed E-state index contributed by atoms with van der Waals surface area (Å²) < 4.78 is 15.0. The van der Waals surface area contributed by atoms with Gasteiger partial charge in [-0.1, -0.05) is 0 Å². The highest BCUT2D eigenvalue weighted by atomic mass is 32.2. The molecule has 134 valence electrons. The van der Waals surface area contributed by atoms with Crippen LogP contribution in [0.5, 0.6) is 0 Å². The van der Waals surface area contributed by atoms with Gasteiger partial charge in [0.1, 0.15) is 5.82 Å². The van der Waals surface area contributed by atoms with E-state index >= 15 is 0 Å².